The molecule has 25 heavy (non-hydrogen) atoms. The summed E-state index contributed by atoms with van der Waals surface area (Å²) in [7, 11) is 0. The van der Waals surface area contributed by atoms with E-state index in [0.717, 1.165) is 31.7 Å². The number of ether oxygens (including phenoxy) is 1. The number of phenols is 1. The Morgan fingerprint density at radius 3 is 2.96 bits per heavy atom. The Kier molecular flexibility index (Phi) is 2.57. The molecule has 1 aromatic carbocycles. The summed E-state index contributed by atoms with van der Waals surface area (Å²) >= 11 is 0. The zero-order valence-corrected chi connectivity index (χ0v) is 14.8. The van der Waals surface area contributed by atoms with Crippen molar-refractivity contribution in [3.8, 4) is 11.5 Å². The first-order valence-corrected chi connectivity index (χ1v) is 9.83. The van der Waals surface area contributed by atoms with Crippen molar-refractivity contribution in [2.45, 2.75) is 63.0 Å². The number of likely N-dealkylation sites (tertiary alicyclic amines) is 1. The van der Waals surface area contributed by atoms with Crippen LogP contribution in [0.2, 0.25) is 0 Å². The van der Waals surface area contributed by atoms with Crippen LogP contribution in [0.1, 0.15) is 50.2 Å². The van der Waals surface area contributed by atoms with Crippen LogP contribution in [0.5, 0.6) is 11.5 Å². The lowest BCUT2D eigenvalue weighted by Gasteiger charge is -2.64. The molecule has 1 saturated heterocycles. The number of carbonyl (C=O) groups excluding carboxylic acids is 1. The Hall–Kier alpha value is -1.55. The van der Waals surface area contributed by atoms with E-state index in [9.17, 15) is 9.90 Å². The molecule has 5 aliphatic rings. The van der Waals surface area contributed by atoms with Gasteiger partial charge in [0, 0.05) is 24.6 Å². The van der Waals surface area contributed by atoms with Crippen LogP contribution in [0.15, 0.2) is 12.1 Å². The van der Waals surface area contributed by atoms with Gasteiger partial charge in [0.1, 0.15) is 0 Å². The Labute approximate surface area is 148 Å². The lowest BCUT2D eigenvalue weighted by molar-refractivity contribution is -0.152. The minimum Gasteiger partial charge on any atom is -0.504 e. The van der Waals surface area contributed by atoms with E-state index in [1.165, 1.54) is 30.5 Å². The summed E-state index contributed by atoms with van der Waals surface area (Å²) in [5.41, 5.74) is 2.31. The quantitative estimate of drug-likeness (QED) is 0.900. The number of benzene rings is 1. The molecule has 1 N–H and O–H groups in total. The summed E-state index contributed by atoms with van der Waals surface area (Å²) in [5.74, 6) is 1.93. The number of aromatic hydroxyl groups is 1. The molecule has 3 fully saturated rings. The number of phenolic OH excluding ortho intramolecular Hbond substituents is 1. The largest absolute Gasteiger partial charge is 0.504 e. The second-order valence-corrected chi connectivity index (χ2v) is 9.21. The van der Waals surface area contributed by atoms with Crippen molar-refractivity contribution in [1.82, 2.24) is 4.90 Å². The predicted octanol–water partition coefficient (Wildman–Crippen LogP) is 2.80. The molecule has 4 atom stereocenters. The fraction of sp³-hybridized carbons (Fsp3) is 0.667. The molecule has 4 heteroatoms. The highest BCUT2D eigenvalue weighted by molar-refractivity contribution is 5.89. The summed E-state index contributed by atoms with van der Waals surface area (Å²) in [6.07, 6.45) is 5.93. The molecule has 0 amide bonds. The highest BCUT2D eigenvalue weighted by Crippen LogP contribution is 2.68. The van der Waals surface area contributed by atoms with Crippen molar-refractivity contribution in [3.05, 3.63) is 23.3 Å². The average molecular weight is 339 g/mol. The fourth-order valence-corrected chi connectivity index (χ4v) is 6.70. The second-order valence-electron chi connectivity index (χ2n) is 9.21. The van der Waals surface area contributed by atoms with Crippen molar-refractivity contribution in [2.75, 3.05) is 13.1 Å². The van der Waals surface area contributed by atoms with E-state index >= 15 is 0 Å². The number of nitrogens with zero attached hydrogens (tertiary/aromatic N) is 1. The molecule has 0 aromatic heterocycles. The van der Waals surface area contributed by atoms with E-state index in [4.69, 9.17) is 4.74 Å². The predicted molar refractivity (Wildman–Crippen MR) is 93.0 cm³/mol. The smallest absolute Gasteiger partial charge is 0.174 e. The number of carbonyl (C=O) groups is 1. The van der Waals surface area contributed by atoms with E-state index in [1.807, 2.05) is 0 Å². The van der Waals surface area contributed by atoms with Gasteiger partial charge in [0.25, 0.3) is 0 Å². The first-order chi connectivity index (χ1) is 12.0. The van der Waals surface area contributed by atoms with E-state index in [2.05, 4.69) is 17.9 Å². The van der Waals surface area contributed by atoms with Gasteiger partial charge >= 0.3 is 0 Å². The van der Waals surface area contributed by atoms with E-state index < -0.39 is 0 Å². The van der Waals surface area contributed by atoms with Gasteiger partial charge < -0.3 is 9.84 Å². The van der Waals surface area contributed by atoms with Gasteiger partial charge in [-0.05, 0) is 61.6 Å². The Bertz CT molecular complexity index is 801. The highest BCUT2D eigenvalue weighted by Gasteiger charge is 2.71. The fourth-order valence-electron chi connectivity index (χ4n) is 6.70. The first-order valence-electron chi connectivity index (χ1n) is 9.83. The average Bonchev–Trinajstić information content (AvgIpc) is 3.32. The van der Waals surface area contributed by atoms with Gasteiger partial charge in [-0.15, -0.1) is 0 Å². The molecule has 2 heterocycles. The molecule has 132 valence electrons. The third kappa shape index (κ3) is 1.57. The van der Waals surface area contributed by atoms with Crippen molar-refractivity contribution in [1.29, 1.82) is 0 Å². The second kappa shape index (κ2) is 4.40. The number of piperidine rings is 1. The zero-order chi connectivity index (χ0) is 17.0. The van der Waals surface area contributed by atoms with Gasteiger partial charge in [-0.2, -0.15) is 0 Å². The Morgan fingerprint density at radius 2 is 2.16 bits per heavy atom. The molecule has 0 unspecified atom stereocenters. The number of ketones is 1. The maximum Gasteiger partial charge on any atom is 0.174 e. The van der Waals surface area contributed by atoms with E-state index in [1.54, 1.807) is 6.07 Å². The number of rotatable bonds is 2. The first kappa shape index (κ1) is 14.6. The lowest BCUT2D eigenvalue weighted by atomic mass is 9.44. The summed E-state index contributed by atoms with van der Waals surface area (Å²) in [6, 6.07) is 4.33. The molecule has 1 aromatic rings. The van der Waals surface area contributed by atoms with Crippen molar-refractivity contribution in [3.63, 3.8) is 0 Å². The summed E-state index contributed by atoms with van der Waals surface area (Å²) in [6.45, 7) is 4.68. The van der Waals surface area contributed by atoms with Gasteiger partial charge in [0.2, 0.25) is 0 Å². The summed E-state index contributed by atoms with van der Waals surface area (Å²) in [4.78, 5) is 15.5. The highest BCUT2D eigenvalue weighted by atomic mass is 16.5. The van der Waals surface area contributed by atoms with Gasteiger partial charge in [-0.3, -0.25) is 9.69 Å². The van der Waals surface area contributed by atoms with E-state index in [0.29, 0.717) is 18.2 Å². The van der Waals surface area contributed by atoms with Crippen LogP contribution in [-0.2, 0) is 16.6 Å². The van der Waals surface area contributed by atoms with Crippen molar-refractivity contribution in [2.24, 2.45) is 11.3 Å². The number of hydrogen-bond donors (Lipinski definition) is 1. The maximum absolute atomic E-state index is 12.8. The lowest BCUT2D eigenvalue weighted by Crippen LogP contribution is -2.71. The molecule has 2 saturated carbocycles. The normalized spacial score (nSPS) is 41.4. The van der Waals surface area contributed by atoms with Crippen LogP contribution in [-0.4, -0.2) is 41.0 Å². The SMILES string of the molecule is C[C@@]12CCC(=O)[C@@H]3Oc4c(O)ccc5c4[C@@]31CCN(CC1CC1)[C@@H]2C5. The van der Waals surface area contributed by atoms with Crippen molar-refractivity contribution >= 4 is 5.78 Å². The third-order valence-corrected chi connectivity index (χ3v) is 8.13. The molecule has 6 rings (SSSR count). The molecule has 4 nitrogen and oxygen atoms in total. The van der Waals surface area contributed by atoms with Gasteiger partial charge in [0.05, 0.1) is 5.41 Å². The molecule has 1 spiro atoms. The van der Waals surface area contributed by atoms with Gasteiger partial charge in [-0.25, -0.2) is 0 Å². The molecule has 2 bridgehead atoms. The molecule has 0 radical (unpaired) electrons. The molecular weight excluding hydrogens is 314 g/mol. The zero-order valence-electron chi connectivity index (χ0n) is 14.8. The molecule has 3 aliphatic carbocycles. The third-order valence-electron chi connectivity index (χ3n) is 8.13. The van der Waals surface area contributed by atoms with Crippen LogP contribution < -0.4 is 4.74 Å². The number of hydrogen-bond acceptors (Lipinski definition) is 4. The van der Waals surface area contributed by atoms with Crippen LogP contribution in [0.25, 0.3) is 0 Å². The van der Waals surface area contributed by atoms with Gasteiger partial charge in [0.15, 0.2) is 23.4 Å². The van der Waals surface area contributed by atoms with Crippen LogP contribution in [0, 0.1) is 11.3 Å². The topological polar surface area (TPSA) is 49.8 Å². The van der Waals surface area contributed by atoms with Gasteiger partial charge in [-0.1, -0.05) is 13.0 Å². The Balaban J connectivity index is 1.58. The standard InChI is InChI=1S/C21H25NO3/c1-20-7-6-15(24)19-21(20)8-9-22(11-12-2-3-12)16(20)10-13-4-5-14(23)18(25-19)17(13)21/h4-5,12,16,19,23H,2-3,6-11H2,1H3/t16-,19+,20+,21+/m1/s1. The maximum atomic E-state index is 12.8. The van der Waals surface area contributed by atoms with Crippen LogP contribution in [0.4, 0.5) is 0 Å². The number of Topliss-reactive ketones (excluding diaryl/α,β-unsaturated/α-hetero) is 1. The van der Waals surface area contributed by atoms with Crippen LogP contribution >= 0.6 is 0 Å². The monoisotopic (exact) mass is 339 g/mol. The van der Waals surface area contributed by atoms with Crippen LogP contribution in [0.3, 0.4) is 0 Å². The molecular formula is C21H25NO3. The minimum atomic E-state index is -0.390. The summed E-state index contributed by atoms with van der Waals surface area (Å²) < 4.78 is 6.20. The molecule has 2 aliphatic heterocycles. The van der Waals surface area contributed by atoms with E-state index in [-0.39, 0.29) is 28.5 Å². The summed E-state index contributed by atoms with van der Waals surface area (Å²) in [5, 5.41) is 10.4. The van der Waals surface area contributed by atoms with Crippen molar-refractivity contribution < 1.29 is 14.6 Å². The Morgan fingerprint density at radius 1 is 1.32 bits per heavy atom. The minimum absolute atomic E-state index is 0.0603.